The Bertz CT molecular complexity index is 579. The van der Waals surface area contributed by atoms with Gasteiger partial charge in [0.15, 0.2) is 0 Å². The molecule has 0 aromatic heterocycles. The Kier molecular flexibility index (Phi) is 2.71. The van der Waals surface area contributed by atoms with E-state index in [1.54, 1.807) is 24.3 Å². The van der Waals surface area contributed by atoms with Gasteiger partial charge >= 0.3 is 0 Å². The molecule has 0 atom stereocenters. The monoisotopic (exact) mass is 255 g/mol. The maximum atomic E-state index is 12.2. The number of carbonyl (C=O) groups excluding carboxylic acids is 2. The van der Waals surface area contributed by atoms with Crippen LogP contribution >= 0.6 is 0 Å². The molecule has 1 N–H and O–H groups in total. The zero-order valence-electron chi connectivity index (χ0n) is 10.3. The number of benzene rings is 1. The number of carbonyl (C=O) groups is 2. The van der Waals surface area contributed by atoms with E-state index in [0.717, 1.165) is 18.4 Å². The zero-order valence-corrected chi connectivity index (χ0v) is 10.3. The van der Waals surface area contributed by atoms with Crippen LogP contribution in [-0.4, -0.2) is 21.8 Å². The first kappa shape index (κ1) is 11.7. The van der Waals surface area contributed by atoms with Gasteiger partial charge in [-0.05, 0) is 30.5 Å². The number of hydrogen-bond donors (Lipinski definition) is 1. The summed E-state index contributed by atoms with van der Waals surface area (Å²) in [5, 5.41) is 9.22. The van der Waals surface area contributed by atoms with Crippen LogP contribution in [0.4, 0.5) is 0 Å². The fraction of sp³-hybridized carbons (Fsp3) is 0.200. The second kappa shape index (κ2) is 4.39. The van der Waals surface area contributed by atoms with E-state index in [0.29, 0.717) is 11.1 Å². The van der Waals surface area contributed by atoms with Gasteiger partial charge in [-0.1, -0.05) is 24.3 Å². The molecule has 2 amide bonds. The van der Waals surface area contributed by atoms with Crippen LogP contribution in [-0.2, 0) is 16.1 Å². The Morgan fingerprint density at radius 1 is 0.947 bits per heavy atom. The second-order valence-corrected chi connectivity index (χ2v) is 4.68. The van der Waals surface area contributed by atoms with Gasteiger partial charge in [0.1, 0.15) is 5.75 Å². The van der Waals surface area contributed by atoms with Gasteiger partial charge in [0.05, 0.1) is 6.54 Å². The molecule has 0 radical (unpaired) electrons. The van der Waals surface area contributed by atoms with Gasteiger partial charge in [-0.25, -0.2) is 0 Å². The average Bonchev–Trinajstić information content (AvgIpc) is 2.67. The molecule has 1 aliphatic carbocycles. The second-order valence-electron chi connectivity index (χ2n) is 4.68. The van der Waals surface area contributed by atoms with Crippen LogP contribution in [0.2, 0.25) is 0 Å². The van der Waals surface area contributed by atoms with Gasteiger partial charge in [-0.15, -0.1) is 0 Å². The van der Waals surface area contributed by atoms with Crippen LogP contribution in [0, 0.1) is 0 Å². The smallest absolute Gasteiger partial charge is 0.261 e. The highest BCUT2D eigenvalue weighted by molar-refractivity contribution is 6.24. The first-order valence-electron chi connectivity index (χ1n) is 6.21. The van der Waals surface area contributed by atoms with Gasteiger partial charge < -0.3 is 5.11 Å². The molecule has 0 spiro atoms. The molecule has 0 unspecified atom stereocenters. The van der Waals surface area contributed by atoms with E-state index >= 15 is 0 Å². The summed E-state index contributed by atoms with van der Waals surface area (Å²) in [7, 11) is 0. The summed E-state index contributed by atoms with van der Waals surface area (Å²) in [6.45, 7) is 0.243. The largest absolute Gasteiger partial charge is 0.508 e. The van der Waals surface area contributed by atoms with E-state index < -0.39 is 0 Å². The molecule has 1 fully saturated rings. The van der Waals surface area contributed by atoms with Crippen LogP contribution in [0.5, 0.6) is 5.75 Å². The van der Waals surface area contributed by atoms with E-state index in [1.807, 2.05) is 12.2 Å². The molecule has 1 aromatic rings. The summed E-state index contributed by atoms with van der Waals surface area (Å²) in [6, 6.07) is 6.51. The van der Waals surface area contributed by atoms with Crippen LogP contribution in [0.3, 0.4) is 0 Å². The van der Waals surface area contributed by atoms with Crippen LogP contribution < -0.4 is 0 Å². The van der Waals surface area contributed by atoms with E-state index in [2.05, 4.69) is 0 Å². The van der Waals surface area contributed by atoms with Crippen molar-refractivity contribution >= 4 is 11.8 Å². The third-order valence-corrected chi connectivity index (χ3v) is 3.38. The number of imide groups is 1. The Hall–Kier alpha value is -2.36. The van der Waals surface area contributed by atoms with Gasteiger partial charge in [0, 0.05) is 11.1 Å². The number of rotatable bonds is 2. The number of amides is 2. The van der Waals surface area contributed by atoms with Crippen molar-refractivity contribution in [1.29, 1.82) is 0 Å². The molecule has 3 rings (SSSR count). The van der Waals surface area contributed by atoms with Crippen molar-refractivity contribution in [1.82, 2.24) is 4.90 Å². The fourth-order valence-electron chi connectivity index (χ4n) is 2.39. The summed E-state index contributed by atoms with van der Waals surface area (Å²) in [5.74, 6) is -0.269. The average molecular weight is 255 g/mol. The highest BCUT2D eigenvalue weighted by atomic mass is 16.3. The molecular weight excluding hydrogens is 242 g/mol. The third kappa shape index (κ3) is 1.95. The Morgan fingerprint density at radius 3 is 2.00 bits per heavy atom. The lowest BCUT2D eigenvalue weighted by molar-refractivity contribution is -0.137. The number of allylic oxidation sites excluding steroid dienone is 2. The first-order chi connectivity index (χ1) is 9.16. The lowest BCUT2D eigenvalue weighted by atomic mass is 10.0. The van der Waals surface area contributed by atoms with Gasteiger partial charge in [-0.3, -0.25) is 14.5 Å². The maximum Gasteiger partial charge on any atom is 0.261 e. The van der Waals surface area contributed by atoms with Crippen molar-refractivity contribution in [2.24, 2.45) is 0 Å². The minimum atomic E-state index is -0.218. The summed E-state index contributed by atoms with van der Waals surface area (Å²) in [4.78, 5) is 25.6. The van der Waals surface area contributed by atoms with Crippen molar-refractivity contribution in [2.75, 3.05) is 0 Å². The molecule has 0 bridgehead atoms. The Morgan fingerprint density at radius 2 is 1.47 bits per heavy atom. The number of phenols is 1. The molecule has 4 heteroatoms. The van der Waals surface area contributed by atoms with E-state index in [4.69, 9.17) is 0 Å². The van der Waals surface area contributed by atoms with Gasteiger partial charge in [0.2, 0.25) is 0 Å². The number of likely N-dealkylation sites (tertiary alicyclic amines) is 1. The van der Waals surface area contributed by atoms with Crippen molar-refractivity contribution < 1.29 is 14.7 Å². The van der Waals surface area contributed by atoms with E-state index in [-0.39, 0.29) is 24.1 Å². The van der Waals surface area contributed by atoms with Crippen LogP contribution in [0.15, 0.2) is 47.6 Å². The van der Waals surface area contributed by atoms with E-state index in [1.165, 1.54) is 4.90 Å². The third-order valence-electron chi connectivity index (χ3n) is 3.38. The highest BCUT2D eigenvalue weighted by Gasteiger charge is 2.38. The predicted molar refractivity (Wildman–Crippen MR) is 69.1 cm³/mol. The number of phenolic OH excluding ortho intramolecular Hbond substituents is 1. The summed E-state index contributed by atoms with van der Waals surface area (Å²) >= 11 is 0. The Labute approximate surface area is 110 Å². The minimum Gasteiger partial charge on any atom is -0.508 e. The molecule has 1 aromatic carbocycles. The number of aromatic hydroxyl groups is 1. The summed E-state index contributed by atoms with van der Waals surface area (Å²) in [6.07, 6.45) is 5.30. The minimum absolute atomic E-state index is 0.168. The maximum absolute atomic E-state index is 12.2. The molecule has 1 heterocycles. The fourth-order valence-corrected chi connectivity index (χ4v) is 2.39. The SMILES string of the molecule is O=C1C2=CCCC=C2C(=O)N1Cc1ccc(O)cc1. The number of nitrogens with zero attached hydrogens (tertiary/aromatic N) is 1. The number of fused-ring (bicyclic) bond motifs is 1. The molecule has 0 saturated carbocycles. The predicted octanol–water partition coefficient (Wildman–Crippen LogP) is 1.91. The molecular formula is C15H13NO3. The van der Waals surface area contributed by atoms with Gasteiger partial charge in [-0.2, -0.15) is 0 Å². The molecule has 2 aliphatic rings. The van der Waals surface area contributed by atoms with Gasteiger partial charge in [0.25, 0.3) is 11.8 Å². The lowest BCUT2D eigenvalue weighted by Crippen LogP contribution is -2.28. The normalized spacial score (nSPS) is 18.2. The van der Waals surface area contributed by atoms with E-state index in [9.17, 15) is 14.7 Å². The molecule has 96 valence electrons. The zero-order chi connectivity index (χ0) is 13.4. The molecule has 19 heavy (non-hydrogen) atoms. The molecule has 1 saturated heterocycles. The standard InChI is InChI=1S/C15H13NO3/c17-11-7-5-10(6-8-11)9-16-14(18)12-3-1-2-4-13(12)15(16)19/h3-8,17H,1-2,9H2. The topological polar surface area (TPSA) is 57.6 Å². The van der Waals surface area contributed by atoms with Crippen molar-refractivity contribution in [3.05, 3.63) is 53.1 Å². The summed E-state index contributed by atoms with van der Waals surface area (Å²) in [5.41, 5.74) is 1.89. The van der Waals surface area contributed by atoms with Crippen LogP contribution in [0.1, 0.15) is 18.4 Å². The quantitative estimate of drug-likeness (QED) is 0.821. The highest BCUT2D eigenvalue weighted by Crippen LogP contribution is 2.30. The van der Waals surface area contributed by atoms with Crippen molar-refractivity contribution in [3.8, 4) is 5.75 Å². The van der Waals surface area contributed by atoms with Crippen LogP contribution in [0.25, 0.3) is 0 Å². The van der Waals surface area contributed by atoms with Crippen molar-refractivity contribution in [3.63, 3.8) is 0 Å². The molecule has 4 nitrogen and oxygen atoms in total. The van der Waals surface area contributed by atoms with Crippen molar-refractivity contribution in [2.45, 2.75) is 19.4 Å². The first-order valence-corrected chi connectivity index (χ1v) is 6.21. The Balaban J connectivity index is 1.88. The summed E-state index contributed by atoms with van der Waals surface area (Å²) < 4.78 is 0. The molecule has 1 aliphatic heterocycles. The lowest BCUT2D eigenvalue weighted by Gasteiger charge is -2.13. The number of hydrogen-bond acceptors (Lipinski definition) is 3.